The number of Topliss-reactive ketones (excluding diaryl/α,β-unsaturated/α-hetero) is 1. The van der Waals surface area contributed by atoms with Gasteiger partial charge in [-0.2, -0.15) is 0 Å². The molecule has 0 atom stereocenters. The van der Waals surface area contributed by atoms with E-state index >= 15 is 0 Å². The van der Waals surface area contributed by atoms with Gasteiger partial charge in [0.2, 0.25) is 0 Å². The van der Waals surface area contributed by atoms with Crippen LogP contribution >= 0.6 is 0 Å². The third kappa shape index (κ3) is 3.06. The highest BCUT2D eigenvalue weighted by molar-refractivity contribution is 5.98. The van der Waals surface area contributed by atoms with Crippen LogP contribution < -0.4 is 5.32 Å². The number of carboxylic acids is 1. The van der Waals surface area contributed by atoms with Crippen LogP contribution in [0.25, 0.3) is 0 Å². The van der Waals surface area contributed by atoms with E-state index in [9.17, 15) is 9.59 Å². The van der Waals surface area contributed by atoms with E-state index in [1.807, 2.05) is 6.07 Å². The van der Waals surface area contributed by atoms with Crippen molar-refractivity contribution < 1.29 is 14.7 Å². The first-order chi connectivity index (χ1) is 8.66. The molecule has 0 saturated carbocycles. The highest BCUT2D eigenvalue weighted by Gasteiger charge is 2.18. The molecule has 2 rings (SSSR count). The van der Waals surface area contributed by atoms with Gasteiger partial charge in [-0.1, -0.05) is 0 Å². The van der Waals surface area contributed by atoms with Crippen LogP contribution in [0.2, 0.25) is 0 Å². The monoisotopic (exact) mass is 248 g/mol. The zero-order valence-electron chi connectivity index (χ0n) is 10.1. The van der Waals surface area contributed by atoms with Crippen LogP contribution in [-0.2, 0) is 11.2 Å². The Morgan fingerprint density at radius 2 is 2.22 bits per heavy atom. The lowest BCUT2D eigenvalue weighted by atomic mass is 9.95. The number of carbonyl (C=O) groups is 2. The maximum atomic E-state index is 11.6. The highest BCUT2D eigenvalue weighted by Crippen LogP contribution is 2.21. The van der Waals surface area contributed by atoms with Gasteiger partial charge in [-0.25, -0.2) is 4.98 Å². The zero-order valence-corrected chi connectivity index (χ0v) is 10.1. The minimum Gasteiger partial charge on any atom is -0.481 e. The van der Waals surface area contributed by atoms with Crippen molar-refractivity contribution in [3.8, 4) is 0 Å². The number of hydrogen-bond donors (Lipinski definition) is 2. The summed E-state index contributed by atoms with van der Waals surface area (Å²) in [6, 6.07) is 3.59. The molecule has 0 saturated heterocycles. The topological polar surface area (TPSA) is 79.3 Å². The summed E-state index contributed by atoms with van der Waals surface area (Å²) in [7, 11) is 0. The molecule has 96 valence electrons. The maximum absolute atomic E-state index is 11.6. The van der Waals surface area contributed by atoms with E-state index in [2.05, 4.69) is 10.3 Å². The van der Waals surface area contributed by atoms with E-state index in [1.165, 1.54) is 0 Å². The second-order valence-corrected chi connectivity index (χ2v) is 4.39. The standard InChI is InChI=1S/C13H16N2O3/c16-11-4-1-3-10-9(11)6-7-12(15-10)14-8-2-5-13(17)18/h6-7H,1-5,8H2,(H,14,15)(H,17,18). The van der Waals surface area contributed by atoms with Crippen molar-refractivity contribution in [2.24, 2.45) is 0 Å². The average molecular weight is 248 g/mol. The molecule has 5 heteroatoms. The van der Waals surface area contributed by atoms with Gasteiger partial charge in [0.05, 0.1) is 5.69 Å². The largest absolute Gasteiger partial charge is 0.481 e. The van der Waals surface area contributed by atoms with Crippen LogP contribution in [0, 0.1) is 0 Å². The quantitative estimate of drug-likeness (QED) is 0.778. The van der Waals surface area contributed by atoms with Crippen LogP contribution in [0.1, 0.15) is 41.7 Å². The Balaban J connectivity index is 1.94. The van der Waals surface area contributed by atoms with Crippen molar-refractivity contribution in [2.75, 3.05) is 11.9 Å². The van der Waals surface area contributed by atoms with E-state index in [0.717, 1.165) is 24.1 Å². The SMILES string of the molecule is O=C(O)CCCNc1ccc2c(n1)CCCC2=O. The molecular formula is C13H16N2O3. The number of carbonyl (C=O) groups excluding carboxylic acids is 1. The molecule has 0 amide bonds. The lowest BCUT2D eigenvalue weighted by Crippen LogP contribution is -2.14. The third-order valence-electron chi connectivity index (χ3n) is 2.97. The molecule has 1 aliphatic carbocycles. The third-order valence-corrected chi connectivity index (χ3v) is 2.97. The molecule has 0 fully saturated rings. The predicted molar refractivity (Wildman–Crippen MR) is 66.9 cm³/mol. The molecule has 0 radical (unpaired) electrons. The molecule has 18 heavy (non-hydrogen) atoms. The summed E-state index contributed by atoms with van der Waals surface area (Å²) in [6.45, 7) is 0.575. The van der Waals surface area contributed by atoms with Crippen molar-refractivity contribution in [3.63, 3.8) is 0 Å². The lowest BCUT2D eigenvalue weighted by molar-refractivity contribution is -0.137. The number of nitrogens with one attached hydrogen (secondary N) is 1. The Hall–Kier alpha value is -1.91. The molecule has 0 bridgehead atoms. The highest BCUT2D eigenvalue weighted by atomic mass is 16.4. The number of carboxylic acid groups (broad SMARTS) is 1. The Kier molecular flexibility index (Phi) is 3.92. The van der Waals surface area contributed by atoms with Crippen molar-refractivity contribution >= 4 is 17.6 Å². The Morgan fingerprint density at radius 1 is 1.39 bits per heavy atom. The Bertz CT molecular complexity index is 471. The summed E-state index contributed by atoms with van der Waals surface area (Å²) in [5.41, 5.74) is 1.59. The minimum absolute atomic E-state index is 0.149. The molecule has 5 nitrogen and oxygen atoms in total. The van der Waals surface area contributed by atoms with Crippen LogP contribution in [0.15, 0.2) is 12.1 Å². The number of pyridine rings is 1. The van der Waals surface area contributed by atoms with Gasteiger partial charge in [0.15, 0.2) is 5.78 Å². The summed E-state index contributed by atoms with van der Waals surface area (Å²) in [4.78, 5) is 26.4. The van der Waals surface area contributed by atoms with Gasteiger partial charge in [-0.3, -0.25) is 9.59 Å². The number of hydrogen-bond acceptors (Lipinski definition) is 4. The summed E-state index contributed by atoms with van der Waals surface area (Å²) in [5.74, 6) is 0.0933. The second-order valence-electron chi connectivity index (χ2n) is 4.39. The van der Waals surface area contributed by atoms with Crippen molar-refractivity contribution in [2.45, 2.75) is 32.1 Å². The fraction of sp³-hybridized carbons (Fsp3) is 0.462. The van der Waals surface area contributed by atoms with Gasteiger partial charge >= 0.3 is 5.97 Å². The zero-order chi connectivity index (χ0) is 13.0. The van der Waals surface area contributed by atoms with Crippen LogP contribution in [0.5, 0.6) is 0 Å². The van der Waals surface area contributed by atoms with E-state index in [0.29, 0.717) is 25.2 Å². The van der Waals surface area contributed by atoms with Gasteiger partial charge in [-0.15, -0.1) is 0 Å². The molecule has 0 aliphatic heterocycles. The second kappa shape index (κ2) is 5.62. The molecule has 1 aliphatic rings. The Morgan fingerprint density at radius 3 is 3.00 bits per heavy atom. The number of fused-ring (bicyclic) bond motifs is 1. The van der Waals surface area contributed by atoms with E-state index in [4.69, 9.17) is 5.11 Å². The van der Waals surface area contributed by atoms with Crippen molar-refractivity contribution in [3.05, 3.63) is 23.4 Å². The number of ketones is 1. The molecule has 0 aromatic carbocycles. The van der Waals surface area contributed by atoms with Crippen molar-refractivity contribution in [1.82, 2.24) is 4.98 Å². The van der Waals surface area contributed by atoms with Gasteiger partial charge < -0.3 is 10.4 Å². The number of anilines is 1. The minimum atomic E-state index is -0.791. The number of aromatic nitrogens is 1. The summed E-state index contributed by atoms with van der Waals surface area (Å²) in [5, 5.41) is 11.6. The van der Waals surface area contributed by atoms with Gasteiger partial charge in [-0.05, 0) is 31.4 Å². The van der Waals surface area contributed by atoms with Gasteiger partial charge in [0.1, 0.15) is 5.82 Å². The van der Waals surface area contributed by atoms with Crippen molar-refractivity contribution in [1.29, 1.82) is 0 Å². The predicted octanol–water partition coefficient (Wildman–Crippen LogP) is 1.88. The fourth-order valence-electron chi connectivity index (χ4n) is 2.05. The molecule has 1 aromatic heterocycles. The first kappa shape index (κ1) is 12.5. The number of nitrogens with zero attached hydrogens (tertiary/aromatic N) is 1. The summed E-state index contributed by atoms with van der Waals surface area (Å²) >= 11 is 0. The van der Waals surface area contributed by atoms with E-state index in [1.54, 1.807) is 6.07 Å². The van der Waals surface area contributed by atoms with E-state index < -0.39 is 5.97 Å². The number of aliphatic carboxylic acids is 1. The molecule has 0 unspecified atom stereocenters. The fourth-order valence-corrected chi connectivity index (χ4v) is 2.05. The molecule has 2 N–H and O–H groups in total. The van der Waals surface area contributed by atoms with Crippen LogP contribution in [-0.4, -0.2) is 28.4 Å². The maximum Gasteiger partial charge on any atom is 0.303 e. The normalized spacial score (nSPS) is 14.1. The lowest BCUT2D eigenvalue weighted by Gasteiger charge is -2.15. The van der Waals surface area contributed by atoms with Gasteiger partial charge in [0.25, 0.3) is 0 Å². The summed E-state index contributed by atoms with van der Waals surface area (Å²) in [6.07, 6.45) is 3.02. The van der Waals surface area contributed by atoms with Crippen LogP contribution in [0.4, 0.5) is 5.82 Å². The van der Waals surface area contributed by atoms with Gasteiger partial charge in [0, 0.05) is 24.9 Å². The molecule has 1 heterocycles. The summed E-state index contributed by atoms with van der Waals surface area (Å²) < 4.78 is 0. The number of aryl methyl sites for hydroxylation is 1. The van der Waals surface area contributed by atoms with Crippen LogP contribution in [0.3, 0.4) is 0 Å². The molecular weight excluding hydrogens is 232 g/mol. The average Bonchev–Trinajstić information content (AvgIpc) is 2.35. The smallest absolute Gasteiger partial charge is 0.303 e. The molecule has 1 aromatic rings. The first-order valence-corrected chi connectivity index (χ1v) is 6.15. The first-order valence-electron chi connectivity index (χ1n) is 6.15. The van der Waals surface area contributed by atoms with E-state index in [-0.39, 0.29) is 12.2 Å². The molecule has 0 spiro atoms. The number of rotatable bonds is 5. The Labute approximate surface area is 105 Å².